The van der Waals surface area contributed by atoms with Crippen LogP contribution in [0.25, 0.3) is 0 Å². The Balaban J connectivity index is 1.80. The Morgan fingerprint density at radius 3 is 2.27 bits per heavy atom. The van der Waals surface area contributed by atoms with Gasteiger partial charge in [0, 0.05) is 12.7 Å². The molecule has 0 unspecified atom stereocenters. The van der Waals surface area contributed by atoms with E-state index in [9.17, 15) is 8.42 Å². The summed E-state index contributed by atoms with van der Waals surface area (Å²) in [4.78, 5) is 4.56. The van der Waals surface area contributed by atoms with Crippen LogP contribution in [0.15, 0.2) is 83.9 Å². The van der Waals surface area contributed by atoms with Crippen molar-refractivity contribution >= 4 is 10.0 Å². The lowest BCUT2D eigenvalue weighted by Crippen LogP contribution is -2.33. The van der Waals surface area contributed by atoms with Crippen molar-refractivity contribution in [3.05, 3.63) is 90.3 Å². The van der Waals surface area contributed by atoms with Gasteiger partial charge in [0.2, 0.25) is 10.0 Å². The Bertz CT molecular complexity index is 1010. The van der Waals surface area contributed by atoms with E-state index in [2.05, 4.69) is 18.8 Å². The predicted octanol–water partition coefficient (Wildman–Crippen LogP) is 4.55. The van der Waals surface area contributed by atoms with Crippen LogP contribution in [-0.2, 0) is 23.0 Å². The Kier molecular flexibility index (Phi) is 7.60. The molecule has 5 nitrogen and oxygen atoms in total. The molecule has 1 aromatic heterocycles. The molecule has 0 aliphatic heterocycles. The molecule has 3 rings (SSSR count). The summed E-state index contributed by atoms with van der Waals surface area (Å²) in [6, 6.07) is 22.1. The van der Waals surface area contributed by atoms with E-state index in [0.29, 0.717) is 36.9 Å². The van der Waals surface area contributed by atoms with Crippen molar-refractivity contribution < 1.29 is 13.2 Å². The van der Waals surface area contributed by atoms with Crippen LogP contribution in [0.3, 0.4) is 0 Å². The molecular weight excluding hydrogens is 396 g/mol. The van der Waals surface area contributed by atoms with Crippen molar-refractivity contribution in [3.8, 4) is 5.75 Å². The minimum atomic E-state index is -3.68. The molecule has 2 aromatic carbocycles. The molecule has 1 heterocycles. The van der Waals surface area contributed by atoms with Gasteiger partial charge in [0.15, 0.2) is 0 Å². The van der Waals surface area contributed by atoms with Crippen LogP contribution in [0.2, 0.25) is 0 Å². The number of sulfonamides is 1. The molecule has 0 spiro atoms. The Labute approximate surface area is 179 Å². The highest BCUT2D eigenvalue weighted by atomic mass is 32.2. The number of ether oxygens (including phenoxy) is 1. The molecule has 6 heteroatoms. The minimum absolute atomic E-state index is 0.224. The summed E-state index contributed by atoms with van der Waals surface area (Å²) in [6.07, 6.45) is 2.31. The third kappa shape index (κ3) is 6.15. The van der Waals surface area contributed by atoms with Crippen molar-refractivity contribution in [2.75, 3.05) is 13.2 Å². The standard InChI is InChI=1S/C24H28N2O3S/c1-20(2)19-29-23-11-13-24(14-12-23)30(27,28)26(18-22-10-6-7-16-25-22)17-15-21-8-4-3-5-9-21/h3-14,16,20H,15,17-19H2,1-2H3. The molecule has 0 fully saturated rings. The summed E-state index contributed by atoms with van der Waals surface area (Å²) < 4.78 is 34.0. The van der Waals surface area contributed by atoms with Gasteiger partial charge >= 0.3 is 0 Å². The highest BCUT2D eigenvalue weighted by Crippen LogP contribution is 2.22. The second-order valence-electron chi connectivity index (χ2n) is 7.57. The molecule has 0 aliphatic rings. The van der Waals surface area contributed by atoms with Crippen LogP contribution in [0.1, 0.15) is 25.1 Å². The second-order valence-corrected chi connectivity index (χ2v) is 9.51. The summed E-state index contributed by atoms with van der Waals surface area (Å²) >= 11 is 0. The summed E-state index contributed by atoms with van der Waals surface area (Å²) in [5.74, 6) is 1.07. The number of benzene rings is 2. The van der Waals surface area contributed by atoms with E-state index < -0.39 is 10.0 Å². The van der Waals surface area contributed by atoms with E-state index in [1.807, 2.05) is 48.5 Å². The molecular formula is C24H28N2O3S. The molecule has 158 valence electrons. The first-order valence-corrected chi connectivity index (χ1v) is 11.6. The minimum Gasteiger partial charge on any atom is -0.493 e. The molecule has 3 aromatic rings. The van der Waals surface area contributed by atoms with Crippen LogP contribution in [0.4, 0.5) is 0 Å². The Morgan fingerprint density at radius 2 is 1.63 bits per heavy atom. The van der Waals surface area contributed by atoms with Crippen molar-refractivity contribution in [2.45, 2.75) is 31.7 Å². The third-order valence-electron chi connectivity index (χ3n) is 4.60. The fraction of sp³-hybridized carbons (Fsp3) is 0.292. The average molecular weight is 425 g/mol. The number of hydrogen-bond acceptors (Lipinski definition) is 4. The van der Waals surface area contributed by atoms with Gasteiger partial charge in [-0.1, -0.05) is 50.2 Å². The van der Waals surface area contributed by atoms with Crippen molar-refractivity contribution in [2.24, 2.45) is 5.92 Å². The number of rotatable bonds is 10. The highest BCUT2D eigenvalue weighted by Gasteiger charge is 2.25. The fourth-order valence-corrected chi connectivity index (χ4v) is 4.39. The number of hydrogen-bond donors (Lipinski definition) is 0. The van der Waals surface area contributed by atoms with Crippen molar-refractivity contribution in [1.82, 2.24) is 9.29 Å². The smallest absolute Gasteiger partial charge is 0.243 e. The fourth-order valence-electron chi connectivity index (χ4n) is 2.97. The number of nitrogens with zero attached hydrogens (tertiary/aromatic N) is 2. The molecule has 0 atom stereocenters. The maximum absolute atomic E-state index is 13.4. The first kappa shape index (κ1) is 22.0. The van der Waals surface area contributed by atoms with Crippen LogP contribution in [-0.4, -0.2) is 30.9 Å². The van der Waals surface area contributed by atoms with Gasteiger partial charge in [0.1, 0.15) is 5.75 Å². The van der Waals surface area contributed by atoms with E-state index in [0.717, 1.165) is 5.56 Å². The summed E-state index contributed by atoms with van der Waals surface area (Å²) in [5.41, 5.74) is 1.81. The lowest BCUT2D eigenvalue weighted by atomic mass is 10.1. The van der Waals surface area contributed by atoms with Crippen LogP contribution in [0.5, 0.6) is 5.75 Å². The van der Waals surface area contributed by atoms with Crippen LogP contribution in [0, 0.1) is 5.92 Å². The quantitative estimate of drug-likeness (QED) is 0.479. The molecule has 0 N–H and O–H groups in total. The van der Waals surface area contributed by atoms with Crippen molar-refractivity contribution in [3.63, 3.8) is 0 Å². The summed E-state index contributed by atoms with van der Waals surface area (Å²) in [6.45, 7) is 5.33. The van der Waals surface area contributed by atoms with Gasteiger partial charge in [-0.2, -0.15) is 4.31 Å². The van der Waals surface area contributed by atoms with Crippen LogP contribution >= 0.6 is 0 Å². The highest BCUT2D eigenvalue weighted by molar-refractivity contribution is 7.89. The molecule has 0 radical (unpaired) electrons. The third-order valence-corrected chi connectivity index (χ3v) is 6.46. The first-order valence-electron chi connectivity index (χ1n) is 10.1. The van der Waals surface area contributed by atoms with Gasteiger partial charge in [-0.3, -0.25) is 4.98 Å². The van der Waals surface area contributed by atoms with Crippen molar-refractivity contribution in [1.29, 1.82) is 0 Å². The zero-order valence-corrected chi connectivity index (χ0v) is 18.3. The predicted molar refractivity (Wildman–Crippen MR) is 119 cm³/mol. The molecule has 0 aliphatic carbocycles. The SMILES string of the molecule is CC(C)COc1ccc(S(=O)(=O)N(CCc2ccccc2)Cc2ccccn2)cc1. The van der Waals surface area contributed by atoms with E-state index in [4.69, 9.17) is 4.74 Å². The average Bonchev–Trinajstić information content (AvgIpc) is 2.77. The monoisotopic (exact) mass is 424 g/mol. The molecule has 0 amide bonds. The zero-order chi connectivity index (χ0) is 21.4. The normalized spacial score (nSPS) is 11.7. The van der Waals surface area contributed by atoms with Gasteiger partial charge in [0.05, 0.1) is 23.7 Å². The molecule has 0 saturated heterocycles. The van der Waals surface area contributed by atoms with E-state index >= 15 is 0 Å². The van der Waals surface area contributed by atoms with Gasteiger partial charge in [-0.15, -0.1) is 0 Å². The van der Waals surface area contributed by atoms with Gasteiger partial charge in [-0.05, 0) is 54.3 Å². The van der Waals surface area contributed by atoms with Gasteiger partial charge in [0.25, 0.3) is 0 Å². The first-order chi connectivity index (χ1) is 14.4. The summed E-state index contributed by atoms with van der Waals surface area (Å²) in [5, 5.41) is 0. The topological polar surface area (TPSA) is 59.5 Å². The molecule has 30 heavy (non-hydrogen) atoms. The Hall–Kier alpha value is -2.70. The largest absolute Gasteiger partial charge is 0.493 e. The summed E-state index contributed by atoms with van der Waals surface area (Å²) in [7, 11) is -3.68. The number of pyridine rings is 1. The maximum atomic E-state index is 13.4. The lowest BCUT2D eigenvalue weighted by molar-refractivity contribution is 0.271. The van der Waals surface area contributed by atoms with Crippen LogP contribution < -0.4 is 4.74 Å². The second kappa shape index (κ2) is 10.4. The van der Waals surface area contributed by atoms with Gasteiger partial charge in [-0.25, -0.2) is 8.42 Å². The maximum Gasteiger partial charge on any atom is 0.243 e. The zero-order valence-electron chi connectivity index (χ0n) is 17.4. The molecule has 0 saturated carbocycles. The number of aromatic nitrogens is 1. The molecule has 0 bridgehead atoms. The van der Waals surface area contributed by atoms with E-state index in [1.54, 1.807) is 30.5 Å². The lowest BCUT2D eigenvalue weighted by Gasteiger charge is -2.22. The van der Waals surface area contributed by atoms with E-state index in [1.165, 1.54) is 4.31 Å². The van der Waals surface area contributed by atoms with E-state index in [-0.39, 0.29) is 11.4 Å². The Morgan fingerprint density at radius 1 is 0.933 bits per heavy atom. The van der Waals surface area contributed by atoms with Gasteiger partial charge < -0.3 is 4.74 Å².